The number of nitrogens with zero attached hydrogens (tertiary/aromatic N) is 1. The summed E-state index contributed by atoms with van der Waals surface area (Å²) in [6.45, 7) is 0.798. The van der Waals surface area contributed by atoms with Crippen LogP contribution in [0.5, 0.6) is 11.5 Å². The number of ether oxygens (including phenoxy) is 2. The molecule has 3 aromatic rings. The van der Waals surface area contributed by atoms with Crippen LogP contribution in [0.25, 0.3) is 0 Å². The van der Waals surface area contributed by atoms with Crippen LogP contribution in [0.3, 0.4) is 0 Å². The van der Waals surface area contributed by atoms with Crippen LogP contribution in [0.4, 0.5) is 17.1 Å². The summed E-state index contributed by atoms with van der Waals surface area (Å²) in [5.74, 6) is 0.221. The molecule has 0 aliphatic carbocycles. The van der Waals surface area contributed by atoms with E-state index in [1.54, 1.807) is 54.6 Å². The lowest BCUT2D eigenvalue weighted by Crippen LogP contribution is -2.42. The topological polar surface area (TPSA) is 97.0 Å². The third-order valence-corrected chi connectivity index (χ3v) is 5.73. The number of nitrogens with one attached hydrogen (secondary N) is 2. The van der Waals surface area contributed by atoms with E-state index in [0.717, 1.165) is 0 Å². The quantitative estimate of drug-likeness (QED) is 0.594. The average molecular weight is 478 g/mol. The molecular formula is C25H20ClN3O5. The molecule has 0 unspecified atom stereocenters. The molecular weight excluding hydrogens is 458 g/mol. The number of anilines is 3. The molecule has 8 nitrogen and oxygen atoms in total. The Bertz CT molecular complexity index is 1290. The summed E-state index contributed by atoms with van der Waals surface area (Å²) < 4.78 is 11.1. The van der Waals surface area contributed by atoms with Gasteiger partial charge >= 0.3 is 0 Å². The highest BCUT2D eigenvalue weighted by Crippen LogP contribution is 2.38. The van der Waals surface area contributed by atoms with E-state index in [4.69, 9.17) is 21.1 Å². The summed E-state index contributed by atoms with van der Waals surface area (Å²) >= 11 is 6.25. The number of fused-ring (bicyclic) bond motifs is 2. The zero-order valence-corrected chi connectivity index (χ0v) is 18.7. The highest BCUT2D eigenvalue weighted by molar-refractivity contribution is 6.32. The van der Waals surface area contributed by atoms with E-state index >= 15 is 0 Å². The second-order valence-electron chi connectivity index (χ2n) is 7.86. The third-order valence-electron chi connectivity index (χ3n) is 5.45. The summed E-state index contributed by atoms with van der Waals surface area (Å²) in [5.41, 5.74) is 2.88. The second-order valence-corrected chi connectivity index (χ2v) is 8.27. The van der Waals surface area contributed by atoms with Gasteiger partial charge in [-0.1, -0.05) is 23.7 Å². The van der Waals surface area contributed by atoms with Gasteiger partial charge in [0.15, 0.2) is 11.5 Å². The van der Waals surface area contributed by atoms with E-state index in [1.807, 2.05) is 6.07 Å². The maximum absolute atomic E-state index is 13.1. The van der Waals surface area contributed by atoms with Crippen LogP contribution < -0.4 is 25.0 Å². The monoisotopic (exact) mass is 477 g/mol. The molecule has 5 rings (SSSR count). The Morgan fingerprint density at radius 1 is 1.03 bits per heavy atom. The lowest BCUT2D eigenvalue weighted by atomic mass is 10.1. The van der Waals surface area contributed by atoms with Gasteiger partial charge in [0.2, 0.25) is 11.8 Å². The van der Waals surface area contributed by atoms with E-state index in [0.29, 0.717) is 57.9 Å². The fraction of sp³-hybridized carbons (Fsp3) is 0.160. The summed E-state index contributed by atoms with van der Waals surface area (Å²) in [6, 6.07) is 17.1. The Labute approximate surface area is 200 Å². The molecule has 0 saturated heterocycles. The number of halogens is 1. The van der Waals surface area contributed by atoms with Crippen molar-refractivity contribution in [1.29, 1.82) is 0 Å². The smallest absolute Gasteiger partial charge is 0.258 e. The molecule has 0 bridgehead atoms. The summed E-state index contributed by atoms with van der Waals surface area (Å²) in [6.07, 6.45) is 0.0940. The van der Waals surface area contributed by atoms with Crippen LogP contribution in [0.1, 0.15) is 15.9 Å². The number of rotatable bonds is 4. The van der Waals surface area contributed by atoms with Gasteiger partial charge in [-0.15, -0.1) is 0 Å². The van der Waals surface area contributed by atoms with Gasteiger partial charge < -0.3 is 20.1 Å². The molecule has 2 aliphatic rings. The van der Waals surface area contributed by atoms with Crippen molar-refractivity contribution in [2.75, 3.05) is 35.3 Å². The molecule has 0 fully saturated rings. The van der Waals surface area contributed by atoms with Crippen molar-refractivity contribution in [3.05, 3.63) is 76.8 Å². The van der Waals surface area contributed by atoms with E-state index < -0.39 is 0 Å². The number of carbonyl (C=O) groups is 3. The van der Waals surface area contributed by atoms with Gasteiger partial charge in [-0.25, -0.2) is 0 Å². The van der Waals surface area contributed by atoms with Gasteiger partial charge in [-0.05, 0) is 54.1 Å². The van der Waals surface area contributed by atoms with Crippen LogP contribution in [0.15, 0.2) is 60.7 Å². The van der Waals surface area contributed by atoms with Crippen molar-refractivity contribution in [2.24, 2.45) is 0 Å². The number of para-hydroxylation sites is 2. The molecule has 3 amide bonds. The second kappa shape index (κ2) is 9.07. The first kappa shape index (κ1) is 21.8. The normalized spacial score (nSPS) is 14.1. The number of hydrogen-bond acceptors (Lipinski definition) is 5. The van der Waals surface area contributed by atoms with Crippen molar-refractivity contribution in [3.63, 3.8) is 0 Å². The number of benzene rings is 3. The molecule has 0 radical (unpaired) electrons. The Kier molecular flexibility index (Phi) is 5.81. The van der Waals surface area contributed by atoms with Gasteiger partial charge in [-0.3, -0.25) is 19.3 Å². The SMILES string of the molecule is O=C(Cc1cc(Cl)c2c(c1)OCCO2)Nc1ccc(C(=O)N2CC(=O)Nc3ccccc32)cc1. The van der Waals surface area contributed by atoms with Crippen LogP contribution in [-0.4, -0.2) is 37.5 Å². The molecule has 34 heavy (non-hydrogen) atoms. The van der Waals surface area contributed by atoms with Crippen molar-refractivity contribution < 1.29 is 23.9 Å². The maximum Gasteiger partial charge on any atom is 0.258 e. The van der Waals surface area contributed by atoms with E-state index in [2.05, 4.69) is 10.6 Å². The fourth-order valence-electron chi connectivity index (χ4n) is 3.92. The third kappa shape index (κ3) is 4.40. The highest BCUT2D eigenvalue weighted by atomic mass is 35.5. The largest absolute Gasteiger partial charge is 0.486 e. The Morgan fingerprint density at radius 3 is 2.62 bits per heavy atom. The Hall–Kier alpha value is -4.04. The molecule has 2 N–H and O–H groups in total. The number of amides is 3. The first-order valence-electron chi connectivity index (χ1n) is 10.7. The lowest BCUT2D eigenvalue weighted by Gasteiger charge is -2.29. The molecule has 2 aliphatic heterocycles. The summed E-state index contributed by atoms with van der Waals surface area (Å²) in [5, 5.41) is 5.98. The van der Waals surface area contributed by atoms with Crippen LogP contribution in [0.2, 0.25) is 5.02 Å². The van der Waals surface area contributed by atoms with E-state index in [1.165, 1.54) is 4.90 Å². The zero-order valence-electron chi connectivity index (χ0n) is 18.0. The standard InChI is InChI=1S/C25H20ClN3O5/c26-18-11-15(12-21-24(18)34-10-9-33-21)13-22(30)27-17-7-5-16(6-8-17)25(32)29-14-23(31)28-19-3-1-2-4-20(19)29/h1-8,11-12H,9-10,13-14H2,(H,27,30)(H,28,31). The van der Waals surface area contributed by atoms with Gasteiger partial charge in [-0.2, -0.15) is 0 Å². The molecule has 0 spiro atoms. The molecule has 0 saturated carbocycles. The summed E-state index contributed by atoms with van der Waals surface area (Å²) in [7, 11) is 0. The predicted octanol–water partition coefficient (Wildman–Crippen LogP) is 3.89. The van der Waals surface area contributed by atoms with Crippen LogP contribution in [-0.2, 0) is 16.0 Å². The predicted molar refractivity (Wildman–Crippen MR) is 128 cm³/mol. The van der Waals surface area contributed by atoms with Gasteiger partial charge in [0.05, 0.1) is 22.8 Å². The fourth-order valence-corrected chi connectivity index (χ4v) is 4.21. The highest BCUT2D eigenvalue weighted by Gasteiger charge is 2.27. The van der Waals surface area contributed by atoms with Crippen LogP contribution >= 0.6 is 11.6 Å². The average Bonchev–Trinajstić information content (AvgIpc) is 2.83. The van der Waals surface area contributed by atoms with Crippen molar-refractivity contribution >= 4 is 46.4 Å². The van der Waals surface area contributed by atoms with Crippen molar-refractivity contribution in [1.82, 2.24) is 0 Å². The molecule has 0 atom stereocenters. The van der Waals surface area contributed by atoms with Gasteiger partial charge in [0, 0.05) is 11.3 Å². The minimum atomic E-state index is -0.300. The Morgan fingerprint density at radius 2 is 1.79 bits per heavy atom. The first-order valence-corrected chi connectivity index (χ1v) is 11.0. The van der Waals surface area contributed by atoms with Crippen LogP contribution in [0, 0.1) is 0 Å². The van der Waals surface area contributed by atoms with Crippen molar-refractivity contribution in [3.8, 4) is 11.5 Å². The first-order chi connectivity index (χ1) is 16.5. The number of carbonyl (C=O) groups excluding carboxylic acids is 3. The molecule has 9 heteroatoms. The van der Waals surface area contributed by atoms with E-state index in [9.17, 15) is 14.4 Å². The molecule has 0 aromatic heterocycles. The molecule has 3 aromatic carbocycles. The van der Waals surface area contributed by atoms with Gasteiger partial charge in [0.25, 0.3) is 5.91 Å². The number of hydrogen-bond donors (Lipinski definition) is 2. The van der Waals surface area contributed by atoms with E-state index in [-0.39, 0.29) is 30.7 Å². The minimum Gasteiger partial charge on any atom is -0.486 e. The lowest BCUT2D eigenvalue weighted by molar-refractivity contribution is -0.116. The minimum absolute atomic E-state index is 0.0631. The Balaban J connectivity index is 1.26. The van der Waals surface area contributed by atoms with Gasteiger partial charge in [0.1, 0.15) is 19.8 Å². The van der Waals surface area contributed by atoms with Crippen molar-refractivity contribution in [2.45, 2.75) is 6.42 Å². The molecule has 2 heterocycles. The maximum atomic E-state index is 13.1. The zero-order chi connectivity index (χ0) is 23.7. The molecule has 172 valence electrons. The summed E-state index contributed by atoms with van der Waals surface area (Å²) in [4.78, 5) is 39.1.